The van der Waals surface area contributed by atoms with E-state index < -0.39 is 0 Å². The molecule has 20 heavy (non-hydrogen) atoms. The summed E-state index contributed by atoms with van der Waals surface area (Å²) < 4.78 is 5.33. The molecular formula is C11H10N6O3. The molecular weight excluding hydrogens is 264 g/mol. The van der Waals surface area contributed by atoms with Gasteiger partial charge >= 0.3 is 0 Å². The highest BCUT2D eigenvalue weighted by Gasteiger charge is 2.20. The zero-order valence-corrected chi connectivity index (χ0v) is 10.2. The molecule has 9 nitrogen and oxygen atoms in total. The van der Waals surface area contributed by atoms with Gasteiger partial charge in [0.1, 0.15) is 6.54 Å². The smallest absolute Gasteiger partial charge is 0.262 e. The predicted octanol–water partition coefficient (Wildman–Crippen LogP) is -0.357. The zero-order chi connectivity index (χ0) is 13.9. The molecule has 2 heterocycles. The molecule has 0 saturated carbocycles. The predicted molar refractivity (Wildman–Crippen MR) is 67.0 cm³/mol. The lowest BCUT2D eigenvalue weighted by Gasteiger charge is -2.20. The van der Waals surface area contributed by atoms with E-state index in [1.807, 2.05) is 0 Å². The third kappa shape index (κ3) is 2.41. The number of nitrogens with one attached hydrogen (secondary N) is 2. The van der Waals surface area contributed by atoms with E-state index in [1.54, 1.807) is 18.2 Å². The van der Waals surface area contributed by atoms with Crippen LogP contribution in [-0.2, 0) is 16.1 Å². The molecule has 9 heteroatoms. The van der Waals surface area contributed by atoms with Crippen LogP contribution >= 0.6 is 0 Å². The molecule has 0 bridgehead atoms. The summed E-state index contributed by atoms with van der Waals surface area (Å²) in [5.41, 5.74) is 1.01. The third-order valence-electron chi connectivity index (χ3n) is 2.59. The number of carbonyl (C=O) groups is 2. The second-order valence-electron chi connectivity index (χ2n) is 4.03. The minimum absolute atomic E-state index is 0.0595. The van der Waals surface area contributed by atoms with Crippen molar-refractivity contribution in [2.24, 2.45) is 0 Å². The summed E-state index contributed by atoms with van der Waals surface area (Å²) in [5, 5.41) is 16.2. The Morgan fingerprint density at radius 1 is 1.50 bits per heavy atom. The molecule has 1 aliphatic rings. The maximum atomic E-state index is 11.8. The molecule has 1 aliphatic heterocycles. The number of fused-ring (bicyclic) bond motifs is 1. The summed E-state index contributed by atoms with van der Waals surface area (Å²) in [6.07, 6.45) is 1.25. The topological polar surface area (TPSA) is 111 Å². The van der Waals surface area contributed by atoms with Gasteiger partial charge in [0.05, 0.1) is 11.4 Å². The van der Waals surface area contributed by atoms with E-state index in [4.69, 9.17) is 4.74 Å². The van der Waals surface area contributed by atoms with Gasteiger partial charge in [0.25, 0.3) is 5.91 Å². The van der Waals surface area contributed by atoms with Crippen molar-refractivity contribution in [1.29, 1.82) is 0 Å². The zero-order valence-electron chi connectivity index (χ0n) is 10.2. The Morgan fingerprint density at radius 2 is 2.40 bits per heavy atom. The number of hydrogen-bond donors (Lipinski definition) is 2. The van der Waals surface area contributed by atoms with Crippen LogP contribution in [0, 0.1) is 0 Å². The molecule has 0 unspecified atom stereocenters. The molecule has 0 fully saturated rings. The van der Waals surface area contributed by atoms with Crippen LogP contribution in [0.3, 0.4) is 0 Å². The second-order valence-corrected chi connectivity index (χ2v) is 4.03. The van der Waals surface area contributed by atoms with Crippen LogP contribution in [0.1, 0.15) is 0 Å². The highest BCUT2D eigenvalue weighted by molar-refractivity contribution is 5.99. The van der Waals surface area contributed by atoms with Gasteiger partial charge in [0, 0.05) is 0 Å². The van der Waals surface area contributed by atoms with E-state index in [2.05, 4.69) is 26.0 Å². The van der Waals surface area contributed by atoms with Crippen LogP contribution in [0.25, 0.3) is 0 Å². The Kier molecular flexibility index (Phi) is 2.99. The van der Waals surface area contributed by atoms with Crippen molar-refractivity contribution in [2.45, 2.75) is 6.54 Å². The van der Waals surface area contributed by atoms with Gasteiger partial charge in [-0.2, -0.15) is 4.80 Å². The lowest BCUT2D eigenvalue weighted by molar-refractivity contribution is -0.118. The average molecular weight is 274 g/mol. The molecule has 0 saturated heterocycles. The van der Waals surface area contributed by atoms with Gasteiger partial charge in [-0.15, -0.1) is 10.2 Å². The third-order valence-corrected chi connectivity index (χ3v) is 2.59. The van der Waals surface area contributed by atoms with Gasteiger partial charge in [0.15, 0.2) is 18.7 Å². The van der Waals surface area contributed by atoms with Crippen LogP contribution in [0.2, 0.25) is 0 Å². The number of nitrogens with zero attached hydrogens (tertiary/aromatic N) is 4. The molecule has 2 N–H and O–H groups in total. The van der Waals surface area contributed by atoms with E-state index >= 15 is 0 Å². The normalized spacial score (nSPS) is 13.1. The number of rotatable bonds is 3. The Hall–Kier alpha value is -2.97. The maximum absolute atomic E-state index is 11.8. The molecule has 3 rings (SSSR count). The lowest BCUT2D eigenvalue weighted by Crippen LogP contribution is -2.27. The van der Waals surface area contributed by atoms with Gasteiger partial charge in [-0.25, -0.2) is 0 Å². The minimum atomic E-state index is -0.322. The molecule has 0 atom stereocenters. The van der Waals surface area contributed by atoms with Crippen molar-refractivity contribution in [1.82, 2.24) is 20.2 Å². The van der Waals surface area contributed by atoms with Crippen molar-refractivity contribution < 1.29 is 14.3 Å². The highest BCUT2D eigenvalue weighted by Crippen LogP contribution is 2.35. The maximum Gasteiger partial charge on any atom is 0.262 e. The lowest BCUT2D eigenvalue weighted by atomic mass is 10.2. The summed E-state index contributed by atoms with van der Waals surface area (Å²) in [7, 11) is 0. The number of ether oxygens (including phenoxy) is 1. The molecule has 1 aromatic carbocycles. The summed E-state index contributed by atoms with van der Waals surface area (Å²) >= 11 is 0. The number of carbonyl (C=O) groups excluding carboxylic acids is 2. The Morgan fingerprint density at radius 3 is 3.20 bits per heavy atom. The molecule has 2 aromatic rings. The van der Waals surface area contributed by atoms with Crippen molar-refractivity contribution in [3.05, 3.63) is 24.5 Å². The fourth-order valence-electron chi connectivity index (χ4n) is 1.79. The van der Waals surface area contributed by atoms with Crippen LogP contribution in [-0.4, -0.2) is 38.6 Å². The van der Waals surface area contributed by atoms with Crippen LogP contribution < -0.4 is 15.4 Å². The van der Waals surface area contributed by atoms with Crippen molar-refractivity contribution in [3.8, 4) is 5.75 Å². The number of para-hydroxylation sites is 1. The first-order chi connectivity index (χ1) is 9.72. The van der Waals surface area contributed by atoms with Gasteiger partial charge in [0.2, 0.25) is 5.91 Å². The first-order valence-electron chi connectivity index (χ1n) is 5.78. The summed E-state index contributed by atoms with van der Waals surface area (Å²) in [6.45, 7) is -0.138. The molecule has 1 aromatic heterocycles. The number of anilines is 2. The standard InChI is InChI=1S/C11H10N6O3/c18-9(4-17-13-6-12-16-17)14-7-2-1-3-8-11(7)20-5-10(19)15-8/h1-3,6H,4-5H2,(H,14,18)(H,15,19). The van der Waals surface area contributed by atoms with Gasteiger partial charge in [-0.1, -0.05) is 6.07 Å². The number of aromatic nitrogens is 4. The SMILES string of the molecule is O=C1COc2c(cccc2NC(=O)Cn2ncnn2)N1. The first kappa shape index (κ1) is 12.1. The minimum Gasteiger partial charge on any atom is -0.479 e. The average Bonchev–Trinajstić information content (AvgIpc) is 2.91. The number of amides is 2. The van der Waals surface area contributed by atoms with E-state index in [1.165, 1.54) is 6.33 Å². The van der Waals surface area contributed by atoms with E-state index in [0.717, 1.165) is 4.80 Å². The van der Waals surface area contributed by atoms with Crippen molar-refractivity contribution >= 4 is 23.2 Å². The highest BCUT2D eigenvalue weighted by atomic mass is 16.5. The Labute approximate surface area is 112 Å². The fraction of sp³-hybridized carbons (Fsp3) is 0.182. The second kappa shape index (κ2) is 4.96. The first-order valence-corrected chi connectivity index (χ1v) is 5.78. The van der Waals surface area contributed by atoms with Gasteiger partial charge in [-0.05, 0) is 17.3 Å². The molecule has 102 valence electrons. The molecule has 0 aliphatic carbocycles. The summed E-state index contributed by atoms with van der Waals surface area (Å²) in [4.78, 5) is 24.2. The molecule has 0 spiro atoms. The van der Waals surface area contributed by atoms with E-state index in [9.17, 15) is 9.59 Å². The van der Waals surface area contributed by atoms with Crippen molar-refractivity contribution in [3.63, 3.8) is 0 Å². The number of tetrazole rings is 1. The molecule has 0 radical (unpaired) electrons. The Balaban J connectivity index is 1.76. The van der Waals surface area contributed by atoms with Gasteiger partial charge < -0.3 is 15.4 Å². The van der Waals surface area contributed by atoms with E-state index in [-0.39, 0.29) is 25.0 Å². The van der Waals surface area contributed by atoms with Crippen molar-refractivity contribution in [2.75, 3.05) is 17.2 Å². The summed E-state index contributed by atoms with van der Waals surface area (Å²) in [5.74, 6) is -0.114. The van der Waals surface area contributed by atoms with Gasteiger partial charge in [-0.3, -0.25) is 9.59 Å². The summed E-state index contributed by atoms with van der Waals surface area (Å²) in [6, 6.07) is 5.08. The largest absolute Gasteiger partial charge is 0.479 e. The molecule has 2 amide bonds. The Bertz CT molecular complexity index is 654. The van der Waals surface area contributed by atoms with Crippen LogP contribution in [0.5, 0.6) is 5.75 Å². The number of hydrogen-bond acceptors (Lipinski definition) is 6. The fourth-order valence-corrected chi connectivity index (χ4v) is 1.79. The van der Waals surface area contributed by atoms with E-state index in [0.29, 0.717) is 17.1 Å². The monoisotopic (exact) mass is 274 g/mol. The quantitative estimate of drug-likeness (QED) is 0.790. The van der Waals surface area contributed by atoms with Crippen LogP contribution in [0.15, 0.2) is 24.5 Å². The van der Waals surface area contributed by atoms with Crippen LogP contribution in [0.4, 0.5) is 11.4 Å². The number of benzene rings is 1.